The summed E-state index contributed by atoms with van der Waals surface area (Å²) >= 11 is 0. The van der Waals surface area contributed by atoms with Gasteiger partial charge in [-0.25, -0.2) is 9.97 Å². The fourth-order valence-electron chi connectivity index (χ4n) is 2.91. The van der Waals surface area contributed by atoms with E-state index in [4.69, 9.17) is 4.74 Å². The third-order valence-corrected chi connectivity index (χ3v) is 4.30. The number of nitrogens with zero attached hydrogens (tertiary/aromatic N) is 2. The number of carbonyl (C=O) groups excluding carboxylic acids is 1. The molecule has 2 heterocycles. The molecule has 0 radical (unpaired) electrons. The maximum Gasteiger partial charge on any atom is 0.270 e. The predicted octanol–water partition coefficient (Wildman–Crippen LogP) is 4.18. The molecule has 2 N–H and O–H groups in total. The van der Waals surface area contributed by atoms with E-state index in [0.29, 0.717) is 30.5 Å². The summed E-state index contributed by atoms with van der Waals surface area (Å²) < 4.78 is 5.58. The number of aromatic nitrogens is 2. The molecule has 29 heavy (non-hydrogen) atoms. The molecule has 0 saturated carbocycles. The third-order valence-electron chi connectivity index (χ3n) is 4.30. The van der Waals surface area contributed by atoms with Gasteiger partial charge in [0.1, 0.15) is 29.7 Å². The van der Waals surface area contributed by atoms with Crippen LogP contribution < -0.4 is 15.4 Å². The number of carbonyl (C=O) groups is 1. The molecule has 0 saturated heterocycles. The first-order valence-corrected chi connectivity index (χ1v) is 9.33. The molecule has 0 bridgehead atoms. The Morgan fingerprint density at radius 1 is 0.897 bits per heavy atom. The van der Waals surface area contributed by atoms with Gasteiger partial charge in [-0.15, -0.1) is 0 Å². The zero-order valence-electron chi connectivity index (χ0n) is 15.7. The molecule has 6 nitrogen and oxygen atoms in total. The number of anilines is 2. The molecule has 0 aliphatic heterocycles. The van der Waals surface area contributed by atoms with E-state index in [1.807, 2.05) is 60.7 Å². The van der Waals surface area contributed by atoms with Crippen molar-refractivity contribution in [2.24, 2.45) is 0 Å². The number of fused-ring (bicyclic) bond motifs is 1. The van der Waals surface area contributed by atoms with Crippen LogP contribution >= 0.6 is 0 Å². The average Bonchev–Trinajstić information content (AvgIpc) is 2.78. The normalized spacial score (nSPS) is 10.5. The van der Waals surface area contributed by atoms with Gasteiger partial charge in [-0.05, 0) is 35.7 Å². The second-order valence-corrected chi connectivity index (χ2v) is 6.33. The number of ether oxygens (including phenoxy) is 1. The van der Waals surface area contributed by atoms with Gasteiger partial charge in [0, 0.05) is 11.6 Å². The first-order chi connectivity index (χ1) is 14.3. The summed E-state index contributed by atoms with van der Waals surface area (Å²) in [6.45, 7) is 0.769. The Kier molecular flexibility index (Phi) is 5.62. The Morgan fingerprint density at radius 2 is 1.72 bits per heavy atom. The molecule has 0 unspecified atom stereocenters. The number of benzene rings is 2. The van der Waals surface area contributed by atoms with Crippen LogP contribution in [0.3, 0.4) is 0 Å². The van der Waals surface area contributed by atoms with Crippen molar-refractivity contribution in [1.29, 1.82) is 0 Å². The van der Waals surface area contributed by atoms with Crippen LogP contribution in [-0.2, 0) is 0 Å². The van der Waals surface area contributed by atoms with E-state index >= 15 is 0 Å². The quantitative estimate of drug-likeness (QED) is 0.468. The van der Waals surface area contributed by atoms with Gasteiger partial charge in [-0.3, -0.25) is 4.79 Å². The summed E-state index contributed by atoms with van der Waals surface area (Å²) in [7, 11) is 0. The maximum absolute atomic E-state index is 12.4. The van der Waals surface area contributed by atoms with E-state index < -0.39 is 0 Å². The molecule has 6 heteroatoms. The molecule has 2 aromatic heterocycles. The van der Waals surface area contributed by atoms with E-state index in [1.165, 1.54) is 0 Å². The van der Waals surface area contributed by atoms with Crippen LogP contribution in [0.4, 0.5) is 11.6 Å². The summed E-state index contributed by atoms with van der Waals surface area (Å²) in [5.41, 5.74) is 0.329. The van der Waals surface area contributed by atoms with E-state index in [1.54, 1.807) is 24.4 Å². The topological polar surface area (TPSA) is 76.1 Å². The highest BCUT2D eigenvalue weighted by Gasteiger charge is 2.09. The Morgan fingerprint density at radius 3 is 2.62 bits per heavy atom. The molecule has 4 rings (SSSR count). The number of hydrogen-bond acceptors (Lipinski definition) is 5. The van der Waals surface area contributed by atoms with Crippen molar-refractivity contribution in [3.05, 3.63) is 90.8 Å². The van der Waals surface area contributed by atoms with Gasteiger partial charge in [-0.1, -0.05) is 48.5 Å². The van der Waals surface area contributed by atoms with Crippen molar-refractivity contribution in [1.82, 2.24) is 15.3 Å². The fourth-order valence-corrected chi connectivity index (χ4v) is 2.91. The van der Waals surface area contributed by atoms with E-state index in [9.17, 15) is 4.79 Å². The average molecular weight is 384 g/mol. The first kappa shape index (κ1) is 18.4. The Bertz CT molecular complexity index is 1110. The number of rotatable bonds is 7. The zero-order valence-corrected chi connectivity index (χ0v) is 15.7. The van der Waals surface area contributed by atoms with Crippen molar-refractivity contribution in [2.75, 3.05) is 18.5 Å². The van der Waals surface area contributed by atoms with Crippen molar-refractivity contribution in [2.45, 2.75) is 0 Å². The standard InChI is InChI=1S/C23H20N4O2/c28-23(25-15-16-29-18-8-2-1-3-9-18)20-11-6-12-21(26-20)27-22-19-10-5-4-7-17(19)13-14-24-22/h1-14H,15-16H2,(H,25,28)(H,24,26,27). The lowest BCUT2D eigenvalue weighted by molar-refractivity contribution is 0.0942. The second-order valence-electron chi connectivity index (χ2n) is 6.33. The molecule has 0 fully saturated rings. The molecule has 0 aliphatic carbocycles. The summed E-state index contributed by atoms with van der Waals surface area (Å²) in [6, 6.07) is 24.7. The lowest BCUT2D eigenvalue weighted by atomic mass is 10.1. The number of nitrogens with one attached hydrogen (secondary N) is 2. The van der Waals surface area contributed by atoms with Crippen LogP contribution in [0.1, 0.15) is 10.5 Å². The van der Waals surface area contributed by atoms with Gasteiger partial charge >= 0.3 is 0 Å². The minimum atomic E-state index is -0.254. The minimum Gasteiger partial charge on any atom is -0.492 e. The predicted molar refractivity (Wildman–Crippen MR) is 114 cm³/mol. The highest BCUT2D eigenvalue weighted by molar-refractivity contribution is 5.94. The van der Waals surface area contributed by atoms with Crippen molar-refractivity contribution >= 4 is 28.3 Å². The molecule has 0 aliphatic rings. The van der Waals surface area contributed by atoms with Crippen LogP contribution in [0.25, 0.3) is 10.8 Å². The highest BCUT2D eigenvalue weighted by Crippen LogP contribution is 2.23. The van der Waals surface area contributed by atoms with Crippen molar-refractivity contribution in [3.63, 3.8) is 0 Å². The van der Waals surface area contributed by atoms with E-state index in [2.05, 4.69) is 20.6 Å². The van der Waals surface area contributed by atoms with Crippen LogP contribution in [0.15, 0.2) is 85.1 Å². The number of para-hydroxylation sites is 1. The molecule has 144 valence electrons. The fraction of sp³-hybridized carbons (Fsp3) is 0.0870. The molecule has 4 aromatic rings. The third kappa shape index (κ3) is 4.68. The molecular formula is C23H20N4O2. The smallest absolute Gasteiger partial charge is 0.270 e. The van der Waals surface area contributed by atoms with Crippen molar-refractivity contribution < 1.29 is 9.53 Å². The molecule has 0 atom stereocenters. The molecule has 2 aromatic carbocycles. The van der Waals surface area contributed by atoms with Gasteiger partial charge in [0.25, 0.3) is 5.91 Å². The maximum atomic E-state index is 12.4. The van der Waals surface area contributed by atoms with Gasteiger partial charge < -0.3 is 15.4 Å². The van der Waals surface area contributed by atoms with Gasteiger partial charge in [-0.2, -0.15) is 0 Å². The summed E-state index contributed by atoms with van der Waals surface area (Å²) in [5.74, 6) is 1.77. The number of pyridine rings is 2. The summed E-state index contributed by atoms with van der Waals surface area (Å²) in [6.07, 6.45) is 1.74. The van der Waals surface area contributed by atoms with Gasteiger partial charge in [0.15, 0.2) is 0 Å². The largest absolute Gasteiger partial charge is 0.492 e. The van der Waals surface area contributed by atoms with Crippen LogP contribution in [0.5, 0.6) is 5.75 Å². The highest BCUT2D eigenvalue weighted by atomic mass is 16.5. The van der Waals surface area contributed by atoms with Crippen molar-refractivity contribution in [3.8, 4) is 5.75 Å². The van der Waals surface area contributed by atoms with Gasteiger partial charge in [0.05, 0.1) is 6.54 Å². The lowest BCUT2D eigenvalue weighted by Gasteiger charge is -2.10. The monoisotopic (exact) mass is 384 g/mol. The summed E-state index contributed by atoms with van der Waals surface area (Å²) in [5, 5.41) is 8.10. The first-order valence-electron chi connectivity index (χ1n) is 9.33. The molecule has 1 amide bonds. The molecular weight excluding hydrogens is 364 g/mol. The van der Waals surface area contributed by atoms with Crippen LogP contribution in [-0.4, -0.2) is 29.0 Å². The lowest BCUT2D eigenvalue weighted by Crippen LogP contribution is -2.28. The Hall–Kier alpha value is -3.93. The Labute approximate surface area is 168 Å². The Balaban J connectivity index is 1.38. The SMILES string of the molecule is O=C(NCCOc1ccccc1)c1cccc(Nc2nccc3ccccc23)n1. The minimum absolute atomic E-state index is 0.254. The molecule has 0 spiro atoms. The van der Waals surface area contributed by atoms with E-state index in [0.717, 1.165) is 16.5 Å². The second kappa shape index (κ2) is 8.84. The number of hydrogen-bond donors (Lipinski definition) is 2. The number of amides is 1. The van der Waals surface area contributed by atoms with Crippen LogP contribution in [0, 0.1) is 0 Å². The van der Waals surface area contributed by atoms with E-state index in [-0.39, 0.29) is 5.91 Å². The summed E-state index contributed by atoms with van der Waals surface area (Å²) in [4.78, 5) is 21.2. The zero-order chi connectivity index (χ0) is 19.9. The van der Waals surface area contributed by atoms with Gasteiger partial charge in [0.2, 0.25) is 0 Å². The van der Waals surface area contributed by atoms with Crippen LogP contribution in [0.2, 0.25) is 0 Å².